The number of rotatable bonds is 4. The van der Waals surface area contributed by atoms with Gasteiger partial charge in [0.15, 0.2) is 0 Å². The van der Waals surface area contributed by atoms with Gasteiger partial charge in [-0.2, -0.15) is 26.3 Å². The third-order valence-corrected chi connectivity index (χ3v) is 5.46. The molecule has 0 aromatic heterocycles. The van der Waals surface area contributed by atoms with Crippen LogP contribution in [0.1, 0.15) is 16.7 Å². The quantitative estimate of drug-likeness (QED) is 0.711. The average molecular weight is 427 g/mol. The van der Waals surface area contributed by atoms with E-state index in [-0.39, 0.29) is 16.1 Å². The van der Waals surface area contributed by atoms with Gasteiger partial charge in [0, 0.05) is 5.56 Å². The minimum atomic E-state index is -6.03. The molecule has 0 spiro atoms. The number of hydrogen-bond acceptors (Lipinski definition) is 3. The first-order valence-electron chi connectivity index (χ1n) is 7.66. The van der Waals surface area contributed by atoms with Gasteiger partial charge >= 0.3 is 12.4 Å². The molecule has 28 heavy (non-hydrogen) atoms. The van der Waals surface area contributed by atoms with Crippen molar-refractivity contribution in [3.8, 4) is 0 Å². The van der Waals surface area contributed by atoms with Crippen molar-refractivity contribution in [2.75, 3.05) is 4.72 Å². The highest BCUT2D eigenvalue weighted by Gasteiger charge is 2.71. The highest BCUT2D eigenvalue weighted by atomic mass is 32.2. The molecule has 0 aliphatic carbocycles. The molecule has 0 unspecified atom stereocenters. The van der Waals surface area contributed by atoms with E-state index in [0.29, 0.717) is 6.07 Å². The lowest BCUT2D eigenvalue weighted by atomic mass is 9.87. The van der Waals surface area contributed by atoms with Crippen LogP contribution >= 0.6 is 0 Å². The molecule has 0 amide bonds. The number of nitrogens with one attached hydrogen (secondary N) is 1. The topological polar surface area (TPSA) is 66.4 Å². The zero-order chi connectivity index (χ0) is 21.5. The Morgan fingerprint density at radius 3 is 1.82 bits per heavy atom. The monoisotopic (exact) mass is 427 g/mol. The lowest BCUT2D eigenvalue weighted by Gasteiger charge is -2.34. The second kappa shape index (κ2) is 6.96. The van der Waals surface area contributed by atoms with Crippen LogP contribution in [-0.4, -0.2) is 25.9 Å². The zero-order valence-corrected chi connectivity index (χ0v) is 15.3. The van der Waals surface area contributed by atoms with Crippen molar-refractivity contribution in [2.45, 2.75) is 36.7 Å². The zero-order valence-electron chi connectivity index (χ0n) is 14.5. The van der Waals surface area contributed by atoms with Crippen molar-refractivity contribution in [3.05, 3.63) is 59.2 Å². The molecule has 0 fully saturated rings. The highest BCUT2D eigenvalue weighted by molar-refractivity contribution is 7.92. The molecule has 0 radical (unpaired) electrons. The van der Waals surface area contributed by atoms with Crippen LogP contribution in [-0.2, 0) is 15.6 Å². The summed E-state index contributed by atoms with van der Waals surface area (Å²) in [5.41, 5.74) is -7.55. The number of aryl methyl sites for hydroxylation is 2. The molecule has 2 N–H and O–H groups in total. The first-order valence-corrected chi connectivity index (χ1v) is 9.15. The third-order valence-electron chi connectivity index (χ3n) is 4.08. The summed E-state index contributed by atoms with van der Waals surface area (Å²) >= 11 is 0. The Labute approximate surface area is 156 Å². The van der Waals surface area contributed by atoms with Crippen molar-refractivity contribution in [1.82, 2.24) is 0 Å². The number of aliphatic hydroxyl groups is 1. The average Bonchev–Trinajstić information content (AvgIpc) is 2.55. The first kappa shape index (κ1) is 22.0. The number of sulfonamides is 1. The Morgan fingerprint density at radius 2 is 1.36 bits per heavy atom. The van der Waals surface area contributed by atoms with Crippen LogP contribution in [0.3, 0.4) is 0 Å². The molecule has 0 bridgehead atoms. The van der Waals surface area contributed by atoms with Crippen LogP contribution in [0.4, 0.5) is 32.0 Å². The molecular formula is C17H15F6NO3S. The van der Waals surface area contributed by atoms with Crippen LogP contribution < -0.4 is 4.72 Å². The Morgan fingerprint density at radius 1 is 0.857 bits per heavy atom. The highest BCUT2D eigenvalue weighted by Crippen LogP contribution is 2.51. The number of benzene rings is 2. The number of halogens is 6. The fourth-order valence-electron chi connectivity index (χ4n) is 2.59. The summed E-state index contributed by atoms with van der Waals surface area (Å²) in [5.74, 6) is 0. The normalized spacial score (nSPS) is 13.5. The molecule has 0 aliphatic rings. The van der Waals surface area contributed by atoms with Crippen molar-refractivity contribution in [2.24, 2.45) is 0 Å². The van der Waals surface area contributed by atoms with E-state index in [0.717, 1.165) is 19.9 Å². The van der Waals surface area contributed by atoms with E-state index < -0.39 is 39.1 Å². The van der Waals surface area contributed by atoms with Gasteiger partial charge in [0.1, 0.15) is 0 Å². The summed E-state index contributed by atoms with van der Waals surface area (Å²) in [6.45, 7) is 2.04. The third kappa shape index (κ3) is 3.81. The largest absolute Gasteiger partial charge is 0.430 e. The Bertz CT molecular complexity index is 955. The second-order valence-corrected chi connectivity index (χ2v) is 7.79. The molecule has 11 heteroatoms. The molecule has 4 nitrogen and oxygen atoms in total. The van der Waals surface area contributed by atoms with E-state index in [4.69, 9.17) is 0 Å². The maximum Gasteiger partial charge on any atom is 0.430 e. The predicted molar refractivity (Wildman–Crippen MR) is 89.2 cm³/mol. The van der Waals surface area contributed by atoms with Crippen LogP contribution in [0, 0.1) is 13.8 Å². The lowest BCUT2D eigenvalue weighted by molar-refractivity contribution is -0.376. The minimum absolute atomic E-state index is 0.141. The molecule has 0 saturated heterocycles. The van der Waals surface area contributed by atoms with Gasteiger partial charge in [-0.1, -0.05) is 24.3 Å². The number of hydrogen-bond donors (Lipinski definition) is 2. The van der Waals surface area contributed by atoms with Crippen molar-refractivity contribution in [3.63, 3.8) is 0 Å². The molecule has 0 atom stereocenters. The van der Waals surface area contributed by atoms with E-state index in [1.165, 1.54) is 24.3 Å². The number of alkyl halides is 6. The van der Waals surface area contributed by atoms with Gasteiger partial charge in [-0.05, 0) is 43.2 Å². The molecule has 2 rings (SSSR count). The minimum Gasteiger partial charge on any atom is -0.369 e. The smallest absolute Gasteiger partial charge is 0.369 e. The predicted octanol–water partition coefficient (Wildman–Crippen LogP) is 4.42. The summed E-state index contributed by atoms with van der Waals surface area (Å²) in [6, 6.07) is 8.28. The summed E-state index contributed by atoms with van der Waals surface area (Å²) in [6.07, 6.45) is -12.1. The summed E-state index contributed by atoms with van der Waals surface area (Å²) < 4.78 is 105. The Kier molecular flexibility index (Phi) is 5.47. The summed E-state index contributed by atoms with van der Waals surface area (Å²) in [4.78, 5) is -0.141. The molecule has 2 aromatic rings. The summed E-state index contributed by atoms with van der Waals surface area (Å²) in [5, 5.41) is 9.57. The number of anilines is 1. The molecule has 2 aromatic carbocycles. The Balaban J connectivity index is 2.57. The van der Waals surface area contributed by atoms with Gasteiger partial charge in [-0.3, -0.25) is 4.72 Å². The molecule has 0 heterocycles. The SMILES string of the molecule is Cc1cc(C(O)(C(F)(F)F)C(F)(F)F)c(C)cc1NS(=O)(=O)c1ccccc1. The molecule has 154 valence electrons. The van der Waals surface area contributed by atoms with Crippen LogP contribution in [0.25, 0.3) is 0 Å². The van der Waals surface area contributed by atoms with Gasteiger partial charge in [0.05, 0.1) is 10.6 Å². The van der Waals surface area contributed by atoms with Crippen molar-refractivity contribution < 1.29 is 39.9 Å². The molecular weight excluding hydrogens is 412 g/mol. The van der Waals surface area contributed by atoms with Gasteiger partial charge in [0.25, 0.3) is 15.6 Å². The van der Waals surface area contributed by atoms with E-state index in [2.05, 4.69) is 4.72 Å². The fraction of sp³-hybridized carbons (Fsp3) is 0.294. The standard InChI is InChI=1S/C17H15F6NO3S/c1-10-9-14(24-28(26,27)12-6-4-3-5-7-12)11(2)8-13(10)15(25,16(18,19)20)17(21,22)23/h3-9,24-25H,1-2H3. The lowest BCUT2D eigenvalue weighted by Crippen LogP contribution is -2.54. The van der Waals surface area contributed by atoms with Crippen LogP contribution in [0.15, 0.2) is 47.4 Å². The van der Waals surface area contributed by atoms with Crippen molar-refractivity contribution in [1.29, 1.82) is 0 Å². The van der Waals surface area contributed by atoms with Gasteiger partial charge in [0.2, 0.25) is 0 Å². The van der Waals surface area contributed by atoms with Crippen LogP contribution in [0.5, 0.6) is 0 Å². The van der Waals surface area contributed by atoms with Crippen molar-refractivity contribution >= 4 is 15.7 Å². The second-order valence-electron chi connectivity index (χ2n) is 6.11. The molecule has 0 aliphatic heterocycles. The van der Waals surface area contributed by atoms with E-state index in [9.17, 15) is 39.9 Å². The maximum atomic E-state index is 13.1. The van der Waals surface area contributed by atoms with Gasteiger partial charge in [-0.15, -0.1) is 0 Å². The Hall–Kier alpha value is -2.27. The van der Waals surface area contributed by atoms with Gasteiger partial charge < -0.3 is 5.11 Å². The maximum absolute atomic E-state index is 13.1. The fourth-order valence-corrected chi connectivity index (χ4v) is 3.73. The van der Waals surface area contributed by atoms with E-state index in [1.807, 2.05) is 0 Å². The van der Waals surface area contributed by atoms with Gasteiger partial charge in [-0.25, -0.2) is 8.42 Å². The first-order chi connectivity index (χ1) is 12.6. The summed E-state index contributed by atoms with van der Waals surface area (Å²) in [7, 11) is -4.11. The van der Waals surface area contributed by atoms with E-state index in [1.54, 1.807) is 6.07 Å². The molecule has 0 saturated carbocycles. The van der Waals surface area contributed by atoms with E-state index >= 15 is 0 Å². The van der Waals surface area contributed by atoms with Crippen LogP contribution in [0.2, 0.25) is 0 Å².